The van der Waals surface area contributed by atoms with Crippen molar-refractivity contribution < 1.29 is 23.9 Å². The number of benzene rings is 1. The quantitative estimate of drug-likeness (QED) is 0.452. The second kappa shape index (κ2) is 7.38. The zero-order chi connectivity index (χ0) is 21.5. The maximum Gasteiger partial charge on any atom is 0.337 e. The Morgan fingerprint density at radius 1 is 0.966 bits per heavy atom. The van der Waals surface area contributed by atoms with E-state index in [0.717, 1.165) is 26.9 Å². The Labute approximate surface area is 168 Å². The molecule has 1 aliphatic heterocycles. The molecule has 150 valence electrons. The molecule has 8 nitrogen and oxygen atoms in total. The summed E-state index contributed by atoms with van der Waals surface area (Å²) in [5.41, 5.74) is 3.57. The summed E-state index contributed by atoms with van der Waals surface area (Å²) in [7, 11) is 4.01. The van der Waals surface area contributed by atoms with Crippen LogP contribution in [0.3, 0.4) is 0 Å². The van der Waals surface area contributed by atoms with E-state index in [2.05, 4.69) is 0 Å². The predicted octanol–water partition coefficient (Wildman–Crippen LogP) is 2.31. The average Bonchev–Trinajstić information content (AvgIpc) is 3.00. The van der Waals surface area contributed by atoms with Crippen molar-refractivity contribution in [1.29, 1.82) is 0 Å². The fourth-order valence-electron chi connectivity index (χ4n) is 3.33. The van der Waals surface area contributed by atoms with E-state index >= 15 is 0 Å². The fourth-order valence-corrected chi connectivity index (χ4v) is 3.33. The number of rotatable bonds is 3. The molecule has 0 aliphatic carbocycles. The topological polar surface area (TPSA) is 88.9 Å². The number of likely N-dealkylation sites (N-methyl/N-ethyl adjacent to an activating group) is 2. The van der Waals surface area contributed by atoms with Crippen LogP contribution in [-0.4, -0.2) is 59.4 Å². The van der Waals surface area contributed by atoms with Crippen molar-refractivity contribution in [1.82, 2.24) is 14.4 Å². The first-order valence-corrected chi connectivity index (χ1v) is 8.86. The summed E-state index contributed by atoms with van der Waals surface area (Å²) in [6, 6.07) is 8.12. The molecule has 0 bridgehead atoms. The first kappa shape index (κ1) is 20.1. The van der Waals surface area contributed by atoms with Crippen LogP contribution in [0.5, 0.6) is 0 Å². The summed E-state index contributed by atoms with van der Waals surface area (Å²) >= 11 is 0. The van der Waals surface area contributed by atoms with Gasteiger partial charge in [0.2, 0.25) is 0 Å². The number of methoxy groups -OCH3 is 1. The number of ether oxygens (including phenoxy) is 1. The molecule has 1 aromatic heterocycles. The summed E-state index contributed by atoms with van der Waals surface area (Å²) in [6.45, 7) is 3.76. The van der Waals surface area contributed by atoms with Gasteiger partial charge in [-0.15, -0.1) is 0 Å². The molecule has 1 saturated heterocycles. The molecule has 3 rings (SSSR count). The van der Waals surface area contributed by atoms with E-state index in [9.17, 15) is 19.2 Å². The summed E-state index contributed by atoms with van der Waals surface area (Å²) in [5, 5.41) is 0. The lowest BCUT2D eigenvalue weighted by Crippen LogP contribution is -2.52. The van der Waals surface area contributed by atoms with Gasteiger partial charge in [-0.05, 0) is 55.8 Å². The molecule has 0 atom stereocenters. The minimum atomic E-state index is -0.659. The lowest BCUT2D eigenvalue weighted by Gasteiger charge is -2.28. The molecule has 0 radical (unpaired) electrons. The molecular formula is C21H21N3O5. The van der Waals surface area contributed by atoms with Crippen molar-refractivity contribution in [3.05, 3.63) is 58.4 Å². The van der Waals surface area contributed by atoms with Gasteiger partial charge in [0.15, 0.2) is 0 Å². The second-order valence-corrected chi connectivity index (χ2v) is 6.77. The van der Waals surface area contributed by atoms with E-state index in [1.165, 1.54) is 27.3 Å². The number of carbonyl (C=O) groups excluding carboxylic acids is 4. The minimum absolute atomic E-state index is 0.0733. The van der Waals surface area contributed by atoms with Crippen molar-refractivity contribution >= 4 is 29.9 Å². The summed E-state index contributed by atoms with van der Waals surface area (Å²) in [6.07, 6.45) is 1.51. The molecule has 1 aliphatic rings. The smallest absolute Gasteiger partial charge is 0.337 e. The van der Waals surface area contributed by atoms with E-state index in [4.69, 9.17) is 4.74 Å². The Hall–Kier alpha value is -3.68. The molecule has 0 spiro atoms. The second-order valence-electron chi connectivity index (χ2n) is 6.77. The predicted molar refractivity (Wildman–Crippen MR) is 105 cm³/mol. The third-order valence-corrected chi connectivity index (χ3v) is 4.96. The molecule has 2 heterocycles. The highest BCUT2D eigenvalue weighted by Crippen LogP contribution is 2.25. The van der Waals surface area contributed by atoms with Crippen LogP contribution in [-0.2, 0) is 14.3 Å². The van der Waals surface area contributed by atoms with Crippen molar-refractivity contribution in [3.8, 4) is 5.69 Å². The van der Waals surface area contributed by atoms with Gasteiger partial charge in [0.05, 0.1) is 12.7 Å². The highest BCUT2D eigenvalue weighted by Gasteiger charge is 2.38. The van der Waals surface area contributed by atoms with Crippen LogP contribution in [0.4, 0.5) is 4.79 Å². The van der Waals surface area contributed by atoms with Gasteiger partial charge in [0, 0.05) is 31.2 Å². The Kier molecular flexibility index (Phi) is 5.11. The molecular weight excluding hydrogens is 374 g/mol. The number of hydrogen-bond acceptors (Lipinski definition) is 5. The third-order valence-electron chi connectivity index (χ3n) is 4.96. The van der Waals surface area contributed by atoms with Crippen molar-refractivity contribution in [2.45, 2.75) is 13.8 Å². The Morgan fingerprint density at radius 3 is 2.03 bits per heavy atom. The standard InChI is InChI=1S/C21H21N3O5/c1-12-10-15(11-17-18(25)22(3)21(28)23(4)19(17)26)13(2)24(12)16-8-6-14(7-9-16)20(27)29-5/h6-11H,1-5H3. The zero-order valence-electron chi connectivity index (χ0n) is 16.8. The van der Waals surface area contributed by atoms with Gasteiger partial charge < -0.3 is 9.30 Å². The lowest BCUT2D eigenvalue weighted by atomic mass is 10.1. The van der Waals surface area contributed by atoms with E-state index in [1.54, 1.807) is 24.3 Å². The van der Waals surface area contributed by atoms with Gasteiger partial charge in [0.1, 0.15) is 5.57 Å². The lowest BCUT2D eigenvalue weighted by molar-refractivity contribution is -0.134. The van der Waals surface area contributed by atoms with Gasteiger partial charge >= 0.3 is 12.0 Å². The van der Waals surface area contributed by atoms with Gasteiger partial charge in [-0.3, -0.25) is 19.4 Å². The SMILES string of the molecule is COC(=O)c1ccc(-n2c(C)cc(C=C3C(=O)N(C)C(=O)N(C)C3=O)c2C)cc1. The van der Waals surface area contributed by atoms with Crippen LogP contribution in [0.15, 0.2) is 35.9 Å². The minimum Gasteiger partial charge on any atom is -0.465 e. The Morgan fingerprint density at radius 2 is 1.52 bits per heavy atom. The van der Waals surface area contributed by atoms with Crippen molar-refractivity contribution in [3.63, 3.8) is 0 Å². The molecule has 1 fully saturated rings. The monoisotopic (exact) mass is 395 g/mol. The highest BCUT2D eigenvalue weighted by atomic mass is 16.5. The van der Waals surface area contributed by atoms with E-state index in [0.29, 0.717) is 11.1 Å². The number of imide groups is 2. The summed E-state index contributed by atoms with van der Waals surface area (Å²) in [4.78, 5) is 50.2. The fraction of sp³-hybridized carbons (Fsp3) is 0.238. The van der Waals surface area contributed by atoms with Gasteiger partial charge in [-0.25, -0.2) is 9.59 Å². The average molecular weight is 395 g/mol. The molecule has 0 saturated carbocycles. The number of amides is 4. The number of barbiturate groups is 1. The number of urea groups is 1. The van der Waals surface area contributed by atoms with Gasteiger partial charge in [-0.1, -0.05) is 0 Å². The van der Waals surface area contributed by atoms with Crippen LogP contribution in [0.2, 0.25) is 0 Å². The van der Waals surface area contributed by atoms with Gasteiger partial charge in [-0.2, -0.15) is 0 Å². The first-order valence-electron chi connectivity index (χ1n) is 8.86. The number of esters is 1. The maximum absolute atomic E-state index is 12.4. The van der Waals surface area contributed by atoms with Crippen LogP contribution < -0.4 is 0 Å². The summed E-state index contributed by atoms with van der Waals surface area (Å²) < 4.78 is 6.66. The van der Waals surface area contributed by atoms with Crippen LogP contribution in [0, 0.1) is 13.8 Å². The zero-order valence-corrected chi connectivity index (χ0v) is 16.8. The summed E-state index contributed by atoms with van der Waals surface area (Å²) in [5.74, 6) is -1.68. The maximum atomic E-state index is 12.4. The van der Waals surface area contributed by atoms with Crippen molar-refractivity contribution in [2.75, 3.05) is 21.2 Å². The number of hydrogen-bond donors (Lipinski definition) is 0. The van der Waals surface area contributed by atoms with Crippen LogP contribution in [0.25, 0.3) is 11.8 Å². The Bertz CT molecular complexity index is 1040. The molecule has 0 unspecified atom stereocenters. The van der Waals surface area contributed by atoms with Crippen LogP contribution in [0.1, 0.15) is 27.3 Å². The molecule has 0 N–H and O–H groups in total. The number of aromatic nitrogens is 1. The number of carbonyl (C=O) groups is 4. The van der Waals surface area contributed by atoms with E-state index in [-0.39, 0.29) is 5.57 Å². The highest BCUT2D eigenvalue weighted by molar-refractivity contribution is 6.30. The molecule has 2 aromatic rings. The number of nitrogens with zero attached hydrogens (tertiary/aromatic N) is 3. The first-order chi connectivity index (χ1) is 13.7. The third kappa shape index (κ3) is 3.33. The number of aryl methyl sites for hydroxylation is 1. The molecule has 4 amide bonds. The molecule has 1 aromatic carbocycles. The van der Waals surface area contributed by atoms with Crippen LogP contribution >= 0.6 is 0 Å². The van der Waals surface area contributed by atoms with E-state index in [1.807, 2.05) is 24.5 Å². The largest absolute Gasteiger partial charge is 0.465 e. The van der Waals surface area contributed by atoms with Crippen molar-refractivity contribution in [2.24, 2.45) is 0 Å². The Balaban J connectivity index is 2.03. The normalized spacial score (nSPS) is 14.5. The molecule has 29 heavy (non-hydrogen) atoms. The molecule has 8 heteroatoms. The van der Waals surface area contributed by atoms with E-state index < -0.39 is 23.8 Å². The van der Waals surface area contributed by atoms with Gasteiger partial charge in [0.25, 0.3) is 11.8 Å².